The number of imidazole rings is 1. The average molecular weight is 418 g/mol. The first-order valence-electron chi connectivity index (χ1n) is 8.97. The maximum atomic E-state index is 9.38. The van der Waals surface area contributed by atoms with Gasteiger partial charge in [0.1, 0.15) is 6.07 Å². The van der Waals surface area contributed by atoms with Crippen LogP contribution in [-0.4, -0.2) is 26.5 Å². The SMILES string of the molecule is N#Cc1cnc2ccsc2c1NCCc1cnc(Nc2nc3ccccc3[nH]2)s1. The molecule has 7 nitrogen and oxygen atoms in total. The summed E-state index contributed by atoms with van der Waals surface area (Å²) in [5.41, 5.74) is 4.24. The number of nitrogens with one attached hydrogen (secondary N) is 3. The monoisotopic (exact) mass is 417 g/mol. The number of benzene rings is 1. The van der Waals surface area contributed by atoms with Crippen LogP contribution >= 0.6 is 22.7 Å². The van der Waals surface area contributed by atoms with Crippen molar-refractivity contribution >= 4 is 60.7 Å². The fraction of sp³-hybridized carbons (Fsp3) is 0.100. The summed E-state index contributed by atoms with van der Waals surface area (Å²) in [6.45, 7) is 0.706. The van der Waals surface area contributed by atoms with E-state index in [9.17, 15) is 5.26 Å². The molecule has 0 radical (unpaired) electrons. The molecule has 0 unspecified atom stereocenters. The molecule has 3 N–H and O–H groups in total. The van der Waals surface area contributed by atoms with Gasteiger partial charge >= 0.3 is 0 Å². The van der Waals surface area contributed by atoms with Gasteiger partial charge in [-0.1, -0.05) is 12.1 Å². The number of aromatic amines is 1. The van der Waals surface area contributed by atoms with E-state index in [2.05, 4.69) is 36.6 Å². The Hall–Kier alpha value is -3.48. The summed E-state index contributed by atoms with van der Waals surface area (Å²) in [7, 11) is 0. The van der Waals surface area contributed by atoms with Crippen molar-refractivity contribution in [1.82, 2.24) is 19.9 Å². The van der Waals surface area contributed by atoms with Gasteiger partial charge in [-0.25, -0.2) is 9.97 Å². The second-order valence-corrected chi connectivity index (χ2v) is 8.36. The lowest BCUT2D eigenvalue weighted by Crippen LogP contribution is -2.06. The van der Waals surface area contributed by atoms with Crippen LogP contribution in [0.15, 0.2) is 48.1 Å². The fourth-order valence-electron chi connectivity index (χ4n) is 3.08. The van der Waals surface area contributed by atoms with E-state index in [0.29, 0.717) is 18.1 Å². The third kappa shape index (κ3) is 3.51. The molecule has 0 saturated carbocycles. The minimum absolute atomic E-state index is 0.566. The van der Waals surface area contributed by atoms with E-state index in [1.807, 2.05) is 41.9 Å². The van der Waals surface area contributed by atoms with E-state index in [4.69, 9.17) is 0 Å². The molecule has 0 spiro atoms. The topological polar surface area (TPSA) is 102 Å². The molecule has 0 aliphatic carbocycles. The molecule has 0 fully saturated rings. The second kappa shape index (κ2) is 7.50. The number of hydrogen-bond acceptors (Lipinski definition) is 8. The summed E-state index contributed by atoms with van der Waals surface area (Å²) in [5.74, 6) is 0.681. The minimum atomic E-state index is 0.566. The molecule has 0 amide bonds. The minimum Gasteiger partial charge on any atom is -0.382 e. The molecule has 4 aromatic heterocycles. The molecule has 142 valence electrons. The highest BCUT2D eigenvalue weighted by molar-refractivity contribution is 7.17. The van der Waals surface area contributed by atoms with Gasteiger partial charge in [-0.2, -0.15) is 5.26 Å². The van der Waals surface area contributed by atoms with E-state index in [-0.39, 0.29) is 0 Å². The van der Waals surface area contributed by atoms with Crippen LogP contribution in [0.5, 0.6) is 0 Å². The number of H-pyrrole nitrogens is 1. The number of hydrogen-bond donors (Lipinski definition) is 3. The first-order valence-corrected chi connectivity index (χ1v) is 10.7. The van der Waals surface area contributed by atoms with Crippen molar-refractivity contribution in [2.45, 2.75) is 6.42 Å². The van der Waals surface area contributed by atoms with Crippen molar-refractivity contribution in [3.8, 4) is 6.07 Å². The van der Waals surface area contributed by atoms with Crippen molar-refractivity contribution in [2.24, 2.45) is 0 Å². The van der Waals surface area contributed by atoms with Gasteiger partial charge in [0.25, 0.3) is 0 Å². The highest BCUT2D eigenvalue weighted by Crippen LogP contribution is 2.30. The summed E-state index contributed by atoms with van der Waals surface area (Å²) in [6.07, 6.45) is 4.30. The van der Waals surface area contributed by atoms with Crippen LogP contribution in [0, 0.1) is 11.3 Å². The standard InChI is InChI=1S/C20H15N7S2/c21-9-12-10-23-16-6-8-28-18(16)17(12)22-7-5-13-11-24-20(29-13)27-19-25-14-3-1-2-4-15(14)26-19/h1-4,6,8,10-11H,5,7H2,(H,22,23)(H2,24,25,26,27). The van der Waals surface area contributed by atoms with Crippen molar-refractivity contribution in [3.63, 3.8) is 0 Å². The average Bonchev–Trinajstić information content (AvgIpc) is 3.47. The first-order chi connectivity index (χ1) is 14.3. The Morgan fingerprint density at radius 1 is 1.10 bits per heavy atom. The smallest absolute Gasteiger partial charge is 0.207 e. The van der Waals surface area contributed by atoms with Gasteiger partial charge in [-0.15, -0.1) is 22.7 Å². The maximum absolute atomic E-state index is 9.38. The Labute approximate surface area is 174 Å². The number of nitrogens with zero attached hydrogens (tertiary/aromatic N) is 4. The molecule has 0 aliphatic rings. The van der Waals surface area contributed by atoms with Gasteiger partial charge in [0.15, 0.2) is 5.13 Å². The van der Waals surface area contributed by atoms with Crippen molar-refractivity contribution in [3.05, 3.63) is 58.5 Å². The molecule has 1 aromatic carbocycles. The third-order valence-corrected chi connectivity index (χ3v) is 6.33. The zero-order valence-corrected chi connectivity index (χ0v) is 16.8. The van der Waals surface area contributed by atoms with Crippen molar-refractivity contribution in [1.29, 1.82) is 5.26 Å². The van der Waals surface area contributed by atoms with Crippen molar-refractivity contribution in [2.75, 3.05) is 17.2 Å². The van der Waals surface area contributed by atoms with Crippen LogP contribution in [0.25, 0.3) is 21.3 Å². The van der Waals surface area contributed by atoms with Gasteiger partial charge in [0.05, 0.1) is 32.5 Å². The molecular weight excluding hydrogens is 402 g/mol. The van der Waals surface area contributed by atoms with E-state index >= 15 is 0 Å². The summed E-state index contributed by atoms with van der Waals surface area (Å²) < 4.78 is 1.01. The second-order valence-electron chi connectivity index (χ2n) is 6.33. The number of pyridine rings is 1. The first kappa shape index (κ1) is 17.6. The van der Waals surface area contributed by atoms with E-state index in [1.54, 1.807) is 28.9 Å². The lowest BCUT2D eigenvalue weighted by molar-refractivity contribution is 1.04. The van der Waals surface area contributed by atoms with Crippen LogP contribution in [0.1, 0.15) is 10.4 Å². The largest absolute Gasteiger partial charge is 0.382 e. The molecule has 0 saturated heterocycles. The molecule has 9 heteroatoms. The van der Waals surface area contributed by atoms with Gasteiger partial charge in [0.2, 0.25) is 5.95 Å². The molecular formula is C20H15N7S2. The van der Waals surface area contributed by atoms with E-state index in [1.165, 1.54) is 0 Å². The quantitative estimate of drug-likeness (QED) is 0.363. The fourth-order valence-corrected chi connectivity index (χ4v) is 4.76. The summed E-state index contributed by atoms with van der Waals surface area (Å²) in [5, 5.41) is 18.8. The normalized spacial score (nSPS) is 11.0. The van der Waals surface area contributed by atoms with Crippen LogP contribution < -0.4 is 10.6 Å². The zero-order chi connectivity index (χ0) is 19.6. The number of fused-ring (bicyclic) bond motifs is 2. The van der Waals surface area contributed by atoms with Crippen LogP contribution in [-0.2, 0) is 6.42 Å². The predicted octanol–water partition coefficient (Wildman–Crippen LogP) is 4.90. The molecule has 29 heavy (non-hydrogen) atoms. The molecule has 5 rings (SSSR count). The lowest BCUT2D eigenvalue weighted by Gasteiger charge is -2.08. The molecule has 0 atom stereocenters. The number of rotatable bonds is 6. The number of nitriles is 1. The Bertz CT molecular complexity index is 1310. The summed E-state index contributed by atoms with van der Waals surface area (Å²) in [4.78, 5) is 17.7. The highest BCUT2D eigenvalue weighted by atomic mass is 32.1. The van der Waals surface area contributed by atoms with Gasteiger partial charge < -0.3 is 15.6 Å². The maximum Gasteiger partial charge on any atom is 0.207 e. The Balaban J connectivity index is 1.25. The number of aromatic nitrogens is 4. The Kier molecular flexibility index (Phi) is 4.56. The number of para-hydroxylation sites is 2. The van der Waals surface area contributed by atoms with E-state index in [0.717, 1.165) is 43.4 Å². The Morgan fingerprint density at radius 3 is 2.93 bits per heavy atom. The zero-order valence-electron chi connectivity index (χ0n) is 15.1. The molecule has 0 bridgehead atoms. The van der Waals surface area contributed by atoms with Crippen molar-refractivity contribution < 1.29 is 0 Å². The third-order valence-electron chi connectivity index (χ3n) is 4.44. The number of anilines is 3. The molecule has 0 aliphatic heterocycles. The lowest BCUT2D eigenvalue weighted by atomic mass is 10.2. The molecule has 4 heterocycles. The Morgan fingerprint density at radius 2 is 2.03 bits per heavy atom. The number of thiazole rings is 1. The summed E-state index contributed by atoms with van der Waals surface area (Å²) >= 11 is 3.18. The van der Waals surface area contributed by atoms with Gasteiger partial charge in [-0.3, -0.25) is 4.98 Å². The van der Waals surface area contributed by atoms with Gasteiger partial charge in [-0.05, 0) is 23.6 Å². The highest BCUT2D eigenvalue weighted by Gasteiger charge is 2.10. The summed E-state index contributed by atoms with van der Waals surface area (Å²) in [6, 6.07) is 12.1. The van der Waals surface area contributed by atoms with Crippen LogP contribution in [0.2, 0.25) is 0 Å². The van der Waals surface area contributed by atoms with Crippen LogP contribution in [0.3, 0.4) is 0 Å². The van der Waals surface area contributed by atoms with E-state index < -0.39 is 0 Å². The van der Waals surface area contributed by atoms with Gasteiger partial charge in [0, 0.05) is 30.2 Å². The van der Waals surface area contributed by atoms with Crippen LogP contribution in [0.4, 0.5) is 16.8 Å². The molecule has 5 aromatic rings. The predicted molar refractivity (Wildman–Crippen MR) is 118 cm³/mol. The number of thiophene rings is 1.